The minimum absolute atomic E-state index is 0.577. The zero-order valence-electron chi connectivity index (χ0n) is 13.6. The van der Waals surface area contributed by atoms with E-state index in [0.29, 0.717) is 5.46 Å². The van der Waals surface area contributed by atoms with Gasteiger partial charge in [-0.15, -0.1) is 0 Å². The van der Waals surface area contributed by atoms with Crippen LogP contribution >= 0.6 is 0 Å². The first-order valence-electron chi connectivity index (χ1n) is 8.27. The van der Waals surface area contributed by atoms with Gasteiger partial charge in [-0.2, -0.15) is 5.46 Å². The summed E-state index contributed by atoms with van der Waals surface area (Å²) in [6.07, 6.45) is 9.54. The fraction of sp³-hybridized carbons (Fsp3) is 0. The Labute approximate surface area is 148 Å². The van der Waals surface area contributed by atoms with Crippen molar-refractivity contribution in [3.8, 4) is 0 Å². The van der Waals surface area contributed by atoms with Gasteiger partial charge in [-0.3, -0.25) is 0 Å². The summed E-state index contributed by atoms with van der Waals surface area (Å²) in [5, 5.41) is 11.1. The van der Waals surface area contributed by atoms with Crippen molar-refractivity contribution in [2.75, 3.05) is 0 Å². The van der Waals surface area contributed by atoms with Gasteiger partial charge >= 0.3 is 6.75 Å². The first-order valence-corrected chi connectivity index (χ1v) is 8.27. The normalized spacial score (nSPS) is 24.3. The molecule has 1 fully saturated rings. The Balaban J connectivity index is 1.68. The van der Waals surface area contributed by atoms with E-state index in [2.05, 4.69) is 0 Å². The number of benzene rings is 2. The largest absolute Gasteiger partial charge is 0.802 e. The van der Waals surface area contributed by atoms with Crippen molar-refractivity contribution >= 4 is 31.9 Å². The lowest BCUT2D eigenvalue weighted by molar-refractivity contribution is 0.201. The Hall–Kier alpha value is -2.31. The van der Waals surface area contributed by atoms with Gasteiger partial charge in [0.05, 0.1) is 7.12 Å². The maximum Gasteiger partial charge on any atom is 0.580 e. The molecule has 2 aromatic carbocycles. The van der Waals surface area contributed by atoms with Gasteiger partial charge in [0.1, 0.15) is 30.7 Å². The molecule has 0 bridgehead atoms. The maximum absolute atomic E-state index is 11.1. The van der Waals surface area contributed by atoms with E-state index in [9.17, 15) is 5.02 Å². The summed E-state index contributed by atoms with van der Waals surface area (Å²) in [5.41, 5.74) is 1.40. The molecule has 1 heterocycles. The average Bonchev–Trinajstić information content (AvgIpc) is 2.70. The van der Waals surface area contributed by atoms with E-state index in [-0.39, 0.29) is 0 Å². The van der Waals surface area contributed by atoms with E-state index in [1.807, 2.05) is 79.3 Å². The van der Waals surface area contributed by atoms with Crippen LogP contribution in [0.4, 0.5) is 0 Å². The standard InChI is InChI=1S/C18H16B3O4/c22-21(18-14-8-3-9-15-18)24-19(16-10-4-1-5-11-16)23-20(25-21)17-12-6-2-7-13-17/h1-15,22H. The van der Waals surface area contributed by atoms with Crippen LogP contribution in [0, 0.1) is 12.2 Å². The Morgan fingerprint density at radius 1 is 0.880 bits per heavy atom. The smallest absolute Gasteiger partial charge is 0.580 e. The first kappa shape index (κ1) is 16.2. The minimum Gasteiger partial charge on any atom is -0.802 e. The number of rotatable bonds is 3. The molecule has 1 N–H and O–H groups in total. The highest BCUT2D eigenvalue weighted by molar-refractivity contribution is 6.91. The highest BCUT2D eigenvalue weighted by atomic mass is 16.8. The number of allylic oxidation sites excluding steroid dienone is 4. The van der Waals surface area contributed by atoms with Crippen LogP contribution in [0.15, 0.2) is 85.0 Å². The molecule has 3 radical (unpaired) electrons. The lowest BCUT2D eigenvalue weighted by atomic mass is 9.55. The third kappa shape index (κ3) is 3.41. The number of hydrogen-bond donors (Lipinski definition) is 0. The molecule has 0 aromatic heterocycles. The van der Waals surface area contributed by atoms with E-state index < -0.39 is 21.0 Å². The van der Waals surface area contributed by atoms with E-state index in [1.54, 1.807) is 12.1 Å². The van der Waals surface area contributed by atoms with Crippen molar-refractivity contribution in [2.24, 2.45) is 0 Å². The van der Waals surface area contributed by atoms with Gasteiger partial charge < -0.3 is 18.7 Å². The van der Waals surface area contributed by atoms with Crippen molar-refractivity contribution in [3.63, 3.8) is 0 Å². The van der Waals surface area contributed by atoms with E-state index in [1.165, 1.54) is 0 Å². The topological polar surface area (TPSA) is 49.1 Å². The predicted molar refractivity (Wildman–Crippen MR) is 101 cm³/mol. The lowest BCUT2D eigenvalue weighted by Crippen LogP contribution is -2.68. The van der Waals surface area contributed by atoms with Crippen LogP contribution in [-0.2, 0) is 13.7 Å². The van der Waals surface area contributed by atoms with Crippen LogP contribution in [-0.4, -0.2) is 26.0 Å². The summed E-state index contributed by atoms with van der Waals surface area (Å²) >= 11 is 0. The van der Waals surface area contributed by atoms with Gasteiger partial charge in [0.2, 0.25) is 7.12 Å². The van der Waals surface area contributed by atoms with Crippen LogP contribution in [0.3, 0.4) is 0 Å². The molecular weight excluding hydrogens is 313 g/mol. The summed E-state index contributed by atoms with van der Waals surface area (Å²) in [5.74, 6) is 0.822. The van der Waals surface area contributed by atoms with Crippen molar-refractivity contribution < 1.29 is 18.7 Å². The molecule has 0 saturated carbocycles. The fourth-order valence-corrected chi connectivity index (χ4v) is 2.93. The van der Waals surface area contributed by atoms with Crippen LogP contribution in [0.5, 0.6) is 0 Å². The molecule has 7 heteroatoms. The molecule has 1 aliphatic heterocycles. The van der Waals surface area contributed by atoms with Crippen LogP contribution < -0.4 is 10.9 Å². The van der Waals surface area contributed by atoms with Gasteiger partial charge in [0, 0.05) is 5.82 Å². The molecule has 0 spiro atoms. The van der Waals surface area contributed by atoms with Gasteiger partial charge in [-0.25, -0.2) is 0 Å². The zero-order valence-corrected chi connectivity index (χ0v) is 13.6. The van der Waals surface area contributed by atoms with Crippen LogP contribution in [0.2, 0.25) is 0 Å². The molecule has 0 amide bonds. The predicted octanol–water partition coefficient (Wildman–Crippen LogP) is 1.22. The molecule has 1 aliphatic carbocycles. The fourth-order valence-electron chi connectivity index (χ4n) is 2.93. The van der Waals surface area contributed by atoms with Gasteiger partial charge in [0.25, 0.3) is 0 Å². The van der Waals surface area contributed by atoms with Crippen molar-refractivity contribution in [3.05, 3.63) is 97.2 Å². The van der Waals surface area contributed by atoms with Gasteiger partial charge in [-0.1, -0.05) is 66.1 Å². The summed E-state index contributed by atoms with van der Waals surface area (Å²) in [4.78, 5) is 0. The summed E-state index contributed by atoms with van der Waals surface area (Å²) in [6.45, 7) is -2.68. The van der Waals surface area contributed by atoms with Gasteiger partial charge in [0.15, 0.2) is 0 Å². The first-order chi connectivity index (χ1) is 12.2. The maximum atomic E-state index is 11.1. The molecule has 4 nitrogen and oxygen atoms in total. The second-order valence-electron chi connectivity index (χ2n) is 5.98. The summed E-state index contributed by atoms with van der Waals surface area (Å²) in [6, 6.07) is 18.7. The Morgan fingerprint density at radius 3 is 2.20 bits per heavy atom. The second-order valence-corrected chi connectivity index (χ2v) is 5.98. The molecule has 1 saturated heterocycles. The Kier molecular flexibility index (Phi) is 4.47. The van der Waals surface area contributed by atoms with Gasteiger partial charge in [-0.05, 0) is 0 Å². The van der Waals surface area contributed by atoms with Crippen molar-refractivity contribution in [1.29, 1.82) is 0 Å². The minimum atomic E-state index is -2.68. The molecule has 2 aromatic rings. The summed E-state index contributed by atoms with van der Waals surface area (Å²) < 4.78 is 17.7. The zero-order chi connectivity index (χ0) is 17.1. The quantitative estimate of drug-likeness (QED) is 0.483. The molecule has 25 heavy (non-hydrogen) atoms. The average molecular weight is 329 g/mol. The highest BCUT2D eigenvalue weighted by Gasteiger charge is 2.43. The molecule has 121 valence electrons. The third-order valence-electron chi connectivity index (χ3n) is 4.23. The second kappa shape index (κ2) is 6.90. The SMILES string of the molecule is [OH+][B-]1(c2ccccc2)O[B-](c2ccccc2)O[B-]([C+]2C=C[CH+]C=C2)O1. The molecule has 4 rings (SSSR count). The third-order valence-corrected chi connectivity index (χ3v) is 4.23. The van der Waals surface area contributed by atoms with E-state index >= 15 is 0 Å². The lowest BCUT2D eigenvalue weighted by Gasteiger charge is -2.58. The molecule has 2 aliphatic rings. The molecular formula is C18H16B3O4. The highest BCUT2D eigenvalue weighted by Crippen LogP contribution is 2.24. The van der Waals surface area contributed by atoms with E-state index in [4.69, 9.17) is 13.7 Å². The Bertz CT molecular complexity index is 756. The van der Waals surface area contributed by atoms with Crippen LogP contribution in [0.25, 0.3) is 0 Å². The van der Waals surface area contributed by atoms with Crippen molar-refractivity contribution in [2.45, 2.75) is 0 Å². The monoisotopic (exact) mass is 329 g/mol. The summed E-state index contributed by atoms with van der Waals surface area (Å²) in [7, 11) is -1.46. The molecule has 1 atom stereocenters. The Morgan fingerprint density at radius 2 is 1.52 bits per heavy atom. The van der Waals surface area contributed by atoms with Crippen LogP contribution in [0.1, 0.15) is 0 Å². The van der Waals surface area contributed by atoms with Crippen molar-refractivity contribution in [1.82, 2.24) is 0 Å². The van der Waals surface area contributed by atoms with E-state index in [0.717, 1.165) is 11.3 Å². The molecule has 1 unspecified atom stereocenters. The number of hydrogen-bond acceptors (Lipinski definition) is 4.